The van der Waals surface area contributed by atoms with E-state index < -0.39 is 0 Å². The van der Waals surface area contributed by atoms with E-state index in [9.17, 15) is 0 Å². The summed E-state index contributed by atoms with van der Waals surface area (Å²) < 4.78 is 6.82. The molecule has 0 radical (unpaired) electrons. The number of benzene rings is 1. The summed E-state index contributed by atoms with van der Waals surface area (Å²) in [4.78, 5) is 4.29. The normalized spacial score (nSPS) is 10.8. The molecule has 18 heavy (non-hydrogen) atoms. The molecule has 4 heteroatoms. The van der Waals surface area contributed by atoms with E-state index in [1.165, 1.54) is 5.56 Å². The highest BCUT2D eigenvalue weighted by Crippen LogP contribution is 2.26. The van der Waals surface area contributed by atoms with Crippen molar-refractivity contribution >= 4 is 15.9 Å². The molecule has 0 fully saturated rings. The largest absolute Gasteiger partial charge is 0.439 e. The molecule has 96 valence electrons. The molecular formula is C14H17BrN2O. The number of halogens is 1. The Morgan fingerprint density at radius 3 is 2.94 bits per heavy atom. The molecule has 0 aliphatic carbocycles. The predicted octanol–water partition coefficient (Wildman–Crippen LogP) is 3.91. The van der Waals surface area contributed by atoms with Gasteiger partial charge in [-0.2, -0.15) is 0 Å². The second-order valence-corrected chi connectivity index (χ2v) is 5.17. The molecule has 0 aliphatic heterocycles. The first-order valence-electron chi connectivity index (χ1n) is 6.12. The molecule has 3 nitrogen and oxygen atoms in total. The molecule has 1 N–H and O–H groups in total. The zero-order chi connectivity index (χ0) is 13.0. The van der Waals surface area contributed by atoms with Crippen LogP contribution in [0.2, 0.25) is 0 Å². The average Bonchev–Trinajstić information content (AvgIpc) is 2.78. The molecule has 0 bridgehead atoms. The van der Waals surface area contributed by atoms with Crippen LogP contribution < -0.4 is 5.32 Å². The Kier molecular flexibility index (Phi) is 4.55. The van der Waals surface area contributed by atoms with E-state index >= 15 is 0 Å². The highest BCUT2D eigenvalue weighted by molar-refractivity contribution is 9.10. The third kappa shape index (κ3) is 3.21. The number of nitrogens with zero attached hydrogens (tertiary/aromatic N) is 1. The smallest absolute Gasteiger partial charge is 0.208 e. The zero-order valence-electron chi connectivity index (χ0n) is 10.7. The van der Waals surface area contributed by atoms with Crippen LogP contribution in [0.5, 0.6) is 0 Å². The van der Waals surface area contributed by atoms with Gasteiger partial charge < -0.3 is 9.73 Å². The standard InChI is InChI=1S/C14H17BrN2O/c1-3-6-16-9-14-17-8-13(18-14)12-5-4-11(15)7-10(12)2/h4-5,7-8,16H,3,6,9H2,1-2H3. The second-order valence-electron chi connectivity index (χ2n) is 4.25. The summed E-state index contributed by atoms with van der Waals surface area (Å²) in [5.74, 6) is 1.56. The summed E-state index contributed by atoms with van der Waals surface area (Å²) in [7, 11) is 0. The van der Waals surface area contributed by atoms with Gasteiger partial charge in [-0.1, -0.05) is 22.9 Å². The maximum atomic E-state index is 5.75. The van der Waals surface area contributed by atoms with Crippen molar-refractivity contribution in [2.45, 2.75) is 26.8 Å². The summed E-state index contributed by atoms with van der Waals surface area (Å²) in [5, 5.41) is 3.28. The SMILES string of the molecule is CCCNCc1ncc(-c2ccc(Br)cc2C)o1. The topological polar surface area (TPSA) is 38.1 Å². The van der Waals surface area contributed by atoms with Crippen LogP contribution in [0.1, 0.15) is 24.8 Å². The summed E-state index contributed by atoms with van der Waals surface area (Å²) in [5.41, 5.74) is 2.26. The van der Waals surface area contributed by atoms with E-state index in [0.29, 0.717) is 6.54 Å². The summed E-state index contributed by atoms with van der Waals surface area (Å²) in [6, 6.07) is 6.13. The molecule has 1 heterocycles. The third-order valence-corrected chi connectivity index (χ3v) is 3.20. The maximum Gasteiger partial charge on any atom is 0.208 e. The van der Waals surface area contributed by atoms with Crippen molar-refractivity contribution in [2.75, 3.05) is 6.54 Å². The summed E-state index contributed by atoms with van der Waals surface area (Å²) in [6.45, 7) is 5.87. The van der Waals surface area contributed by atoms with Crippen molar-refractivity contribution in [3.63, 3.8) is 0 Å². The van der Waals surface area contributed by atoms with Crippen LogP contribution in [-0.4, -0.2) is 11.5 Å². The Morgan fingerprint density at radius 2 is 2.22 bits per heavy atom. The van der Waals surface area contributed by atoms with E-state index in [-0.39, 0.29) is 0 Å². The molecule has 0 spiro atoms. The van der Waals surface area contributed by atoms with Crippen LogP contribution in [0, 0.1) is 6.92 Å². The summed E-state index contributed by atoms with van der Waals surface area (Å²) in [6.07, 6.45) is 2.90. The molecule has 0 atom stereocenters. The van der Waals surface area contributed by atoms with Gasteiger partial charge in [-0.25, -0.2) is 4.98 Å². The van der Waals surface area contributed by atoms with Gasteiger partial charge in [0.2, 0.25) is 5.89 Å². The van der Waals surface area contributed by atoms with Gasteiger partial charge in [0.25, 0.3) is 0 Å². The minimum absolute atomic E-state index is 0.684. The Balaban J connectivity index is 2.13. The number of oxazole rings is 1. The van der Waals surface area contributed by atoms with Gasteiger partial charge in [0.15, 0.2) is 5.76 Å². The van der Waals surface area contributed by atoms with E-state index in [2.05, 4.69) is 46.1 Å². The highest BCUT2D eigenvalue weighted by Gasteiger charge is 2.08. The average molecular weight is 309 g/mol. The van der Waals surface area contributed by atoms with Gasteiger partial charge in [0.05, 0.1) is 12.7 Å². The van der Waals surface area contributed by atoms with Crippen LogP contribution in [0.4, 0.5) is 0 Å². The minimum Gasteiger partial charge on any atom is -0.439 e. The van der Waals surface area contributed by atoms with Crippen molar-refractivity contribution in [3.05, 3.63) is 40.3 Å². The Hall–Kier alpha value is -1.13. The highest BCUT2D eigenvalue weighted by atomic mass is 79.9. The summed E-state index contributed by atoms with van der Waals surface area (Å²) >= 11 is 3.46. The first kappa shape index (κ1) is 13.3. The lowest BCUT2D eigenvalue weighted by Crippen LogP contribution is -2.13. The van der Waals surface area contributed by atoms with Crippen molar-refractivity contribution in [2.24, 2.45) is 0 Å². The minimum atomic E-state index is 0.684. The number of hydrogen-bond acceptors (Lipinski definition) is 3. The molecule has 1 aromatic carbocycles. The van der Waals surface area contributed by atoms with Gasteiger partial charge in [-0.15, -0.1) is 0 Å². The molecular weight excluding hydrogens is 292 g/mol. The van der Waals surface area contributed by atoms with Crippen molar-refractivity contribution < 1.29 is 4.42 Å². The quantitative estimate of drug-likeness (QED) is 0.851. The van der Waals surface area contributed by atoms with E-state index in [4.69, 9.17) is 4.42 Å². The van der Waals surface area contributed by atoms with Crippen LogP contribution >= 0.6 is 15.9 Å². The molecule has 0 amide bonds. The molecule has 0 unspecified atom stereocenters. The first-order valence-corrected chi connectivity index (χ1v) is 6.92. The molecule has 0 aliphatic rings. The van der Waals surface area contributed by atoms with Gasteiger partial charge in [-0.3, -0.25) is 0 Å². The van der Waals surface area contributed by atoms with E-state index in [1.54, 1.807) is 6.20 Å². The van der Waals surface area contributed by atoms with Gasteiger partial charge in [-0.05, 0) is 43.7 Å². The number of hydrogen-bond donors (Lipinski definition) is 1. The Bertz CT molecular complexity index is 522. The number of aromatic nitrogens is 1. The first-order chi connectivity index (χ1) is 8.70. The predicted molar refractivity (Wildman–Crippen MR) is 76.4 cm³/mol. The molecule has 2 aromatic rings. The van der Waals surface area contributed by atoms with Crippen LogP contribution in [-0.2, 0) is 6.54 Å². The molecule has 0 saturated heterocycles. The lowest BCUT2D eigenvalue weighted by atomic mass is 10.1. The fourth-order valence-electron chi connectivity index (χ4n) is 1.79. The van der Waals surface area contributed by atoms with Gasteiger partial charge in [0, 0.05) is 10.0 Å². The van der Waals surface area contributed by atoms with Crippen LogP contribution in [0.3, 0.4) is 0 Å². The second kappa shape index (κ2) is 6.16. The van der Waals surface area contributed by atoms with E-state index in [0.717, 1.165) is 34.7 Å². The third-order valence-electron chi connectivity index (χ3n) is 2.71. The van der Waals surface area contributed by atoms with Gasteiger partial charge >= 0.3 is 0 Å². The van der Waals surface area contributed by atoms with Crippen molar-refractivity contribution in [3.8, 4) is 11.3 Å². The molecule has 1 aromatic heterocycles. The fraction of sp³-hybridized carbons (Fsp3) is 0.357. The van der Waals surface area contributed by atoms with Crippen LogP contribution in [0.15, 0.2) is 33.3 Å². The Labute approximate surface area is 116 Å². The molecule has 0 saturated carbocycles. The zero-order valence-corrected chi connectivity index (χ0v) is 12.3. The fourth-order valence-corrected chi connectivity index (χ4v) is 2.27. The Morgan fingerprint density at radius 1 is 1.39 bits per heavy atom. The lowest BCUT2D eigenvalue weighted by Gasteiger charge is -2.02. The van der Waals surface area contributed by atoms with Gasteiger partial charge in [0.1, 0.15) is 0 Å². The maximum absolute atomic E-state index is 5.75. The molecule has 2 rings (SSSR count). The van der Waals surface area contributed by atoms with E-state index in [1.807, 2.05) is 12.1 Å². The number of rotatable bonds is 5. The number of nitrogens with one attached hydrogen (secondary N) is 1. The number of aryl methyl sites for hydroxylation is 1. The van der Waals surface area contributed by atoms with Crippen molar-refractivity contribution in [1.82, 2.24) is 10.3 Å². The lowest BCUT2D eigenvalue weighted by molar-refractivity contribution is 0.477. The van der Waals surface area contributed by atoms with Crippen LogP contribution in [0.25, 0.3) is 11.3 Å². The monoisotopic (exact) mass is 308 g/mol. The van der Waals surface area contributed by atoms with Crippen molar-refractivity contribution in [1.29, 1.82) is 0 Å².